The van der Waals surface area contributed by atoms with Crippen LogP contribution in [0.5, 0.6) is 0 Å². The van der Waals surface area contributed by atoms with Gasteiger partial charge in [0.1, 0.15) is 5.82 Å². The van der Waals surface area contributed by atoms with Crippen LogP contribution in [0.2, 0.25) is 0 Å². The van der Waals surface area contributed by atoms with Gasteiger partial charge < -0.3 is 9.88 Å². The first-order chi connectivity index (χ1) is 7.79. The van der Waals surface area contributed by atoms with Crippen molar-refractivity contribution in [3.8, 4) is 0 Å². The summed E-state index contributed by atoms with van der Waals surface area (Å²) >= 11 is 0. The van der Waals surface area contributed by atoms with E-state index in [9.17, 15) is 0 Å². The summed E-state index contributed by atoms with van der Waals surface area (Å²) in [5.74, 6) is 2.85. The van der Waals surface area contributed by atoms with Crippen molar-refractivity contribution < 1.29 is 0 Å². The van der Waals surface area contributed by atoms with Gasteiger partial charge in [-0.1, -0.05) is 13.8 Å². The quantitative estimate of drug-likeness (QED) is 0.843. The predicted molar refractivity (Wildman–Crippen MR) is 66.4 cm³/mol. The van der Waals surface area contributed by atoms with Gasteiger partial charge in [-0.25, -0.2) is 4.98 Å². The van der Waals surface area contributed by atoms with E-state index in [0.717, 1.165) is 31.3 Å². The summed E-state index contributed by atoms with van der Waals surface area (Å²) < 4.78 is 2.30. The molecule has 0 radical (unpaired) electrons. The van der Waals surface area contributed by atoms with Gasteiger partial charge >= 0.3 is 0 Å². The highest BCUT2D eigenvalue weighted by Crippen LogP contribution is 2.19. The number of imidazole rings is 1. The molecule has 1 N–H and O–H groups in total. The SMILES string of the molecule is CCCn1ccnc1CC1CNCC(C)C1. The molecule has 1 aromatic heterocycles. The van der Waals surface area contributed by atoms with Crippen LogP contribution < -0.4 is 5.32 Å². The van der Waals surface area contributed by atoms with Crippen molar-refractivity contribution in [3.63, 3.8) is 0 Å². The van der Waals surface area contributed by atoms with Crippen molar-refractivity contribution in [2.75, 3.05) is 13.1 Å². The maximum absolute atomic E-state index is 4.49. The minimum atomic E-state index is 0.766. The van der Waals surface area contributed by atoms with Crippen LogP contribution in [0.1, 0.15) is 32.5 Å². The standard InChI is InChI=1S/C13H23N3/c1-3-5-16-6-4-15-13(16)8-12-7-11(2)9-14-10-12/h4,6,11-12,14H,3,5,7-10H2,1-2H3. The van der Waals surface area contributed by atoms with Gasteiger partial charge in [-0.2, -0.15) is 0 Å². The van der Waals surface area contributed by atoms with Gasteiger partial charge in [-0.05, 0) is 37.8 Å². The molecule has 0 spiro atoms. The van der Waals surface area contributed by atoms with E-state index in [4.69, 9.17) is 0 Å². The van der Waals surface area contributed by atoms with E-state index >= 15 is 0 Å². The van der Waals surface area contributed by atoms with Gasteiger partial charge in [0, 0.05) is 25.4 Å². The molecular formula is C13H23N3. The van der Waals surface area contributed by atoms with Gasteiger partial charge in [0.2, 0.25) is 0 Å². The van der Waals surface area contributed by atoms with Crippen LogP contribution >= 0.6 is 0 Å². The van der Waals surface area contributed by atoms with Gasteiger partial charge in [0.15, 0.2) is 0 Å². The molecule has 90 valence electrons. The summed E-state index contributed by atoms with van der Waals surface area (Å²) in [4.78, 5) is 4.49. The normalized spacial score (nSPS) is 25.9. The molecule has 1 aromatic rings. The fourth-order valence-corrected chi connectivity index (χ4v) is 2.66. The molecule has 16 heavy (non-hydrogen) atoms. The third-order valence-corrected chi connectivity index (χ3v) is 3.40. The molecule has 1 saturated heterocycles. The van der Waals surface area contributed by atoms with E-state index in [-0.39, 0.29) is 0 Å². The van der Waals surface area contributed by atoms with Crippen LogP contribution in [0.4, 0.5) is 0 Å². The molecular weight excluding hydrogens is 198 g/mol. The second kappa shape index (κ2) is 5.48. The Morgan fingerprint density at radius 1 is 1.50 bits per heavy atom. The number of nitrogens with one attached hydrogen (secondary N) is 1. The maximum atomic E-state index is 4.49. The summed E-state index contributed by atoms with van der Waals surface area (Å²) in [5, 5.41) is 3.51. The van der Waals surface area contributed by atoms with E-state index in [2.05, 4.69) is 34.9 Å². The highest BCUT2D eigenvalue weighted by molar-refractivity contribution is 4.95. The van der Waals surface area contributed by atoms with E-state index in [1.165, 1.54) is 25.2 Å². The number of hydrogen-bond donors (Lipinski definition) is 1. The zero-order chi connectivity index (χ0) is 11.4. The minimum absolute atomic E-state index is 0.766. The van der Waals surface area contributed by atoms with E-state index < -0.39 is 0 Å². The van der Waals surface area contributed by atoms with Crippen LogP contribution in [0.3, 0.4) is 0 Å². The molecule has 2 unspecified atom stereocenters. The Hall–Kier alpha value is -0.830. The van der Waals surface area contributed by atoms with E-state index in [0.29, 0.717) is 0 Å². The molecule has 1 aliphatic rings. The average molecular weight is 221 g/mol. The Morgan fingerprint density at radius 2 is 2.38 bits per heavy atom. The van der Waals surface area contributed by atoms with Gasteiger partial charge in [0.05, 0.1) is 0 Å². The fourth-order valence-electron chi connectivity index (χ4n) is 2.66. The van der Waals surface area contributed by atoms with Crippen LogP contribution in [0.25, 0.3) is 0 Å². The Balaban J connectivity index is 1.94. The summed E-state index contributed by atoms with van der Waals surface area (Å²) in [7, 11) is 0. The van der Waals surface area contributed by atoms with Crippen molar-refractivity contribution in [2.45, 2.75) is 39.7 Å². The molecule has 0 bridgehead atoms. The van der Waals surface area contributed by atoms with Crippen molar-refractivity contribution in [1.82, 2.24) is 14.9 Å². The molecule has 2 heterocycles. The van der Waals surface area contributed by atoms with Gasteiger partial charge in [-0.3, -0.25) is 0 Å². The first-order valence-corrected chi connectivity index (χ1v) is 6.50. The Bertz CT molecular complexity index is 319. The Kier molecular flexibility index (Phi) is 3.99. The first kappa shape index (κ1) is 11.6. The molecule has 2 rings (SSSR count). The van der Waals surface area contributed by atoms with Crippen LogP contribution in [0.15, 0.2) is 12.4 Å². The zero-order valence-corrected chi connectivity index (χ0v) is 10.4. The Morgan fingerprint density at radius 3 is 3.12 bits per heavy atom. The van der Waals surface area contributed by atoms with Gasteiger partial charge in [-0.15, -0.1) is 0 Å². The number of piperidine rings is 1. The molecule has 2 atom stereocenters. The minimum Gasteiger partial charge on any atom is -0.335 e. The predicted octanol–water partition coefficient (Wildman–Crippen LogP) is 2.08. The third-order valence-electron chi connectivity index (χ3n) is 3.40. The molecule has 0 aromatic carbocycles. The average Bonchev–Trinajstić information content (AvgIpc) is 2.66. The van der Waals surface area contributed by atoms with Crippen molar-refractivity contribution in [1.29, 1.82) is 0 Å². The van der Waals surface area contributed by atoms with E-state index in [1.54, 1.807) is 0 Å². The highest BCUT2D eigenvalue weighted by Gasteiger charge is 2.20. The lowest BCUT2D eigenvalue weighted by Gasteiger charge is -2.27. The number of rotatable bonds is 4. The summed E-state index contributed by atoms with van der Waals surface area (Å²) in [6.45, 7) is 7.99. The molecule has 0 saturated carbocycles. The van der Waals surface area contributed by atoms with Crippen LogP contribution in [0, 0.1) is 11.8 Å². The molecule has 0 amide bonds. The summed E-state index contributed by atoms with van der Waals surface area (Å²) in [6, 6.07) is 0. The molecule has 0 aliphatic carbocycles. The fraction of sp³-hybridized carbons (Fsp3) is 0.769. The van der Waals surface area contributed by atoms with Crippen molar-refractivity contribution >= 4 is 0 Å². The largest absolute Gasteiger partial charge is 0.335 e. The van der Waals surface area contributed by atoms with Crippen LogP contribution in [-0.2, 0) is 13.0 Å². The number of aryl methyl sites for hydroxylation is 1. The molecule has 1 aliphatic heterocycles. The number of aromatic nitrogens is 2. The summed E-state index contributed by atoms with van der Waals surface area (Å²) in [5.41, 5.74) is 0. The number of hydrogen-bond acceptors (Lipinski definition) is 2. The second-order valence-corrected chi connectivity index (χ2v) is 5.11. The summed E-state index contributed by atoms with van der Waals surface area (Å²) in [6.07, 6.45) is 7.70. The van der Waals surface area contributed by atoms with E-state index in [1.807, 2.05) is 6.20 Å². The third kappa shape index (κ3) is 2.85. The lowest BCUT2D eigenvalue weighted by atomic mass is 9.89. The lowest BCUT2D eigenvalue weighted by Crippen LogP contribution is -2.36. The van der Waals surface area contributed by atoms with Crippen molar-refractivity contribution in [2.24, 2.45) is 11.8 Å². The zero-order valence-electron chi connectivity index (χ0n) is 10.4. The van der Waals surface area contributed by atoms with Crippen LogP contribution in [-0.4, -0.2) is 22.6 Å². The van der Waals surface area contributed by atoms with Crippen molar-refractivity contribution in [3.05, 3.63) is 18.2 Å². The van der Waals surface area contributed by atoms with Gasteiger partial charge in [0.25, 0.3) is 0 Å². The first-order valence-electron chi connectivity index (χ1n) is 6.50. The Labute approximate surface area is 98.3 Å². The second-order valence-electron chi connectivity index (χ2n) is 5.11. The lowest BCUT2D eigenvalue weighted by molar-refractivity contribution is 0.296. The monoisotopic (exact) mass is 221 g/mol. The molecule has 1 fully saturated rings. The highest BCUT2D eigenvalue weighted by atomic mass is 15.1. The maximum Gasteiger partial charge on any atom is 0.108 e. The molecule has 3 nitrogen and oxygen atoms in total. The molecule has 3 heteroatoms. The topological polar surface area (TPSA) is 29.9 Å². The number of nitrogens with zero attached hydrogens (tertiary/aromatic N) is 2. The smallest absolute Gasteiger partial charge is 0.108 e.